The van der Waals surface area contributed by atoms with Crippen LogP contribution in [0.1, 0.15) is 20.9 Å². The summed E-state index contributed by atoms with van der Waals surface area (Å²) in [5, 5.41) is 4.89. The third-order valence-electron chi connectivity index (χ3n) is 3.51. The molecule has 1 aliphatic heterocycles. The second-order valence-corrected chi connectivity index (χ2v) is 6.06. The van der Waals surface area contributed by atoms with Crippen molar-refractivity contribution in [2.24, 2.45) is 0 Å². The Morgan fingerprint density at radius 2 is 2.27 bits per heavy atom. The molecule has 0 aromatic carbocycles. The Bertz CT molecular complexity index is 639. The van der Waals surface area contributed by atoms with Crippen LogP contribution in [0.15, 0.2) is 23.7 Å². The molecule has 0 aliphatic carbocycles. The highest BCUT2D eigenvalue weighted by Gasteiger charge is 2.17. The van der Waals surface area contributed by atoms with Gasteiger partial charge in [0.25, 0.3) is 5.91 Å². The summed E-state index contributed by atoms with van der Waals surface area (Å²) < 4.78 is 5.32. The van der Waals surface area contributed by atoms with Crippen molar-refractivity contribution in [1.29, 1.82) is 0 Å². The van der Waals surface area contributed by atoms with Gasteiger partial charge in [-0.3, -0.25) is 4.79 Å². The molecule has 6 nitrogen and oxygen atoms in total. The van der Waals surface area contributed by atoms with E-state index in [1.807, 2.05) is 24.4 Å². The first-order valence-electron chi connectivity index (χ1n) is 7.21. The number of amides is 1. The van der Waals surface area contributed by atoms with E-state index in [4.69, 9.17) is 4.74 Å². The maximum Gasteiger partial charge on any atom is 0.254 e. The van der Waals surface area contributed by atoms with Gasteiger partial charge >= 0.3 is 0 Å². The van der Waals surface area contributed by atoms with Crippen molar-refractivity contribution < 1.29 is 9.53 Å². The molecule has 0 radical (unpaired) electrons. The van der Waals surface area contributed by atoms with E-state index in [0.717, 1.165) is 18.0 Å². The highest BCUT2D eigenvalue weighted by Crippen LogP contribution is 2.13. The molecule has 0 saturated carbocycles. The van der Waals surface area contributed by atoms with Gasteiger partial charge in [-0.1, -0.05) is 6.07 Å². The Morgan fingerprint density at radius 3 is 2.95 bits per heavy atom. The average molecular weight is 318 g/mol. The van der Waals surface area contributed by atoms with E-state index in [1.165, 1.54) is 0 Å². The van der Waals surface area contributed by atoms with Crippen LogP contribution in [0.3, 0.4) is 0 Å². The van der Waals surface area contributed by atoms with Crippen LogP contribution >= 0.6 is 11.3 Å². The third kappa shape index (κ3) is 3.42. The van der Waals surface area contributed by atoms with E-state index >= 15 is 0 Å². The minimum atomic E-state index is -0.139. The molecule has 2 aromatic rings. The normalized spacial score (nSPS) is 14.9. The molecule has 0 bridgehead atoms. The topological polar surface area (TPSA) is 67.3 Å². The van der Waals surface area contributed by atoms with Gasteiger partial charge in [-0.15, -0.1) is 11.3 Å². The van der Waals surface area contributed by atoms with Crippen molar-refractivity contribution in [3.05, 3.63) is 39.8 Å². The number of thiophene rings is 1. The highest BCUT2D eigenvalue weighted by molar-refractivity contribution is 7.09. The molecule has 3 heterocycles. The van der Waals surface area contributed by atoms with Crippen LogP contribution in [0.5, 0.6) is 0 Å². The number of nitrogens with zero attached hydrogens (tertiary/aromatic N) is 3. The quantitative estimate of drug-likeness (QED) is 0.928. The Balaban J connectivity index is 1.67. The lowest BCUT2D eigenvalue weighted by Gasteiger charge is -2.27. The largest absolute Gasteiger partial charge is 0.378 e. The second kappa shape index (κ2) is 6.85. The van der Waals surface area contributed by atoms with Gasteiger partial charge in [0.2, 0.25) is 5.95 Å². The van der Waals surface area contributed by atoms with E-state index < -0.39 is 0 Å². The maximum absolute atomic E-state index is 12.2. The van der Waals surface area contributed by atoms with Crippen LogP contribution in [0.4, 0.5) is 5.95 Å². The van der Waals surface area contributed by atoms with E-state index in [0.29, 0.717) is 37.0 Å². The van der Waals surface area contributed by atoms with Gasteiger partial charge in [-0.2, -0.15) is 0 Å². The lowest BCUT2D eigenvalue weighted by molar-refractivity contribution is 0.0949. The van der Waals surface area contributed by atoms with Gasteiger partial charge in [0.1, 0.15) is 0 Å². The zero-order valence-electron chi connectivity index (χ0n) is 12.4. The van der Waals surface area contributed by atoms with Gasteiger partial charge < -0.3 is 15.0 Å². The number of aromatic nitrogens is 2. The number of hydrogen-bond donors (Lipinski definition) is 1. The fraction of sp³-hybridized carbons (Fsp3) is 0.400. The molecule has 1 aliphatic rings. The van der Waals surface area contributed by atoms with Gasteiger partial charge in [0.15, 0.2) is 0 Å². The molecule has 0 atom stereocenters. The summed E-state index contributed by atoms with van der Waals surface area (Å²) in [5.41, 5.74) is 1.22. The number of carbonyl (C=O) groups excluding carboxylic acids is 1. The summed E-state index contributed by atoms with van der Waals surface area (Å²) >= 11 is 1.62. The number of nitrogens with one attached hydrogen (secondary N) is 1. The highest BCUT2D eigenvalue weighted by atomic mass is 32.1. The molecule has 0 unspecified atom stereocenters. The standard InChI is InChI=1S/C15H18N4O2S/c1-11-13(14(20)16-9-12-3-2-8-22-12)10-17-15(18-11)19-4-6-21-7-5-19/h2-3,8,10H,4-7,9H2,1H3,(H,16,20). The van der Waals surface area contributed by atoms with Crippen molar-refractivity contribution in [1.82, 2.24) is 15.3 Å². The van der Waals surface area contributed by atoms with E-state index in [2.05, 4.69) is 20.2 Å². The van der Waals surface area contributed by atoms with Gasteiger partial charge in [-0.05, 0) is 18.4 Å². The third-order valence-corrected chi connectivity index (χ3v) is 4.38. The molecule has 1 N–H and O–H groups in total. The first kappa shape index (κ1) is 14.9. The summed E-state index contributed by atoms with van der Waals surface area (Å²) in [6, 6.07) is 3.97. The van der Waals surface area contributed by atoms with Crippen molar-refractivity contribution in [3.8, 4) is 0 Å². The minimum absolute atomic E-state index is 0.139. The summed E-state index contributed by atoms with van der Waals surface area (Å²) in [7, 11) is 0. The van der Waals surface area contributed by atoms with Gasteiger partial charge in [-0.25, -0.2) is 9.97 Å². The molecule has 3 rings (SSSR count). The number of aryl methyl sites for hydroxylation is 1. The number of carbonyl (C=O) groups is 1. The van der Waals surface area contributed by atoms with Crippen molar-refractivity contribution >= 4 is 23.2 Å². The lowest BCUT2D eigenvalue weighted by Crippen LogP contribution is -2.37. The van der Waals surface area contributed by atoms with Crippen LogP contribution in [0.25, 0.3) is 0 Å². The predicted octanol–water partition coefficient (Wildman–Crippen LogP) is 1.61. The molecule has 1 fully saturated rings. The van der Waals surface area contributed by atoms with Crippen LogP contribution in [0, 0.1) is 6.92 Å². The van der Waals surface area contributed by atoms with Crippen LogP contribution in [0.2, 0.25) is 0 Å². The lowest BCUT2D eigenvalue weighted by atomic mass is 10.2. The Morgan fingerprint density at radius 1 is 1.45 bits per heavy atom. The molecule has 0 spiro atoms. The van der Waals surface area contributed by atoms with E-state index in [9.17, 15) is 4.79 Å². The zero-order valence-corrected chi connectivity index (χ0v) is 13.2. The number of ether oxygens (including phenoxy) is 1. The van der Waals surface area contributed by atoms with Crippen LogP contribution in [-0.4, -0.2) is 42.2 Å². The van der Waals surface area contributed by atoms with Gasteiger partial charge in [0, 0.05) is 24.2 Å². The summed E-state index contributed by atoms with van der Waals surface area (Å²) in [5.74, 6) is 0.523. The molecule has 22 heavy (non-hydrogen) atoms. The zero-order chi connectivity index (χ0) is 15.4. The van der Waals surface area contributed by atoms with E-state index in [-0.39, 0.29) is 5.91 Å². The minimum Gasteiger partial charge on any atom is -0.378 e. The van der Waals surface area contributed by atoms with Crippen molar-refractivity contribution in [2.45, 2.75) is 13.5 Å². The molecular weight excluding hydrogens is 300 g/mol. The maximum atomic E-state index is 12.2. The van der Waals surface area contributed by atoms with Crippen LogP contribution in [-0.2, 0) is 11.3 Å². The first-order chi connectivity index (χ1) is 10.7. The van der Waals surface area contributed by atoms with Crippen molar-refractivity contribution in [2.75, 3.05) is 31.2 Å². The summed E-state index contributed by atoms with van der Waals surface area (Å²) in [4.78, 5) is 24.2. The van der Waals surface area contributed by atoms with Gasteiger partial charge in [0.05, 0.1) is 31.0 Å². The number of rotatable bonds is 4. The molecule has 116 valence electrons. The van der Waals surface area contributed by atoms with E-state index in [1.54, 1.807) is 17.5 Å². The summed E-state index contributed by atoms with van der Waals surface area (Å²) in [6.45, 7) is 5.30. The summed E-state index contributed by atoms with van der Waals surface area (Å²) in [6.07, 6.45) is 1.61. The SMILES string of the molecule is Cc1nc(N2CCOCC2)ncc1C(=O)NCc1cccs1. The monoisotopic (exact) mass is 318 g/mol. The fourth-order valence-corrected chi connectivity index (χ4v) is 2.91. The predicted molar refractivity (Wildman–Crippen MR) is 85.3 cm³/mol. The molecule has 7 heteroatoms. The number of hydrogen-bond acceptors (Lipinski definition) is 6. The number of anilines is 1. The average Bonchev–Trinajstić information content (AvgIpc) is 3.07. The molecular formula is C15H18N4O2S. The Hall–Kier alpha value is -1.99. The number of morpholine rings is 1. The molecule has 1 amide bonds. The Labute approximate surface area is 133 Å². The molecule has 1 saturated heterocycles. The molecule has 2 aromatic heterocycles. The second-order valence-electron chi connectivity index (χ2n) is 5.03. The smallest absolute Gasteiger partial charge is 0.254 e. The van der Waals surface area contributed by atoms with Crippen molar-refractivity contribution in [3.63, 3.8) is 0 Å². The first-order valence-corrected chi connectivity index (χ1v) is 8.09. The fourth-order valence-electron chi connectivity index (χ4n) is 2.27. The van der Waals surface area contributed by atoms with Crippen LogP contribution < -0.4 is 10.2 Å². The Kier molecular flexibility index (Phi) is 4.65.